The van der Waals surface area contributed by atoms with Gasteiger partial charge in [0.25, 0.3) is 0 Å². The summed E-state index contributed by atoms with van der Waals surface area (Å²) in [6, 6.07) is 23.2. The monoisotopic (exact) mass is 394 g/mol. The highest BCUT2D eigenvalue weighted by Crippen LogP contribution is 2.25. The normalized spacial score (nSPS) is 14.0. The van der Waals surface area contributed by atoms with Crippen molar-refractivity contribution in [3.8, 4) is 11.5 Å². The average molecular weight is 394 g/mol. The Labute approximate surface area is 173 Å². The molecule has 6 heteroatoms. The van der Waals surface area contributed by atoms with Gasteiger partial charge in [-0.15, -0.1) is 0 Å². The lowest BCUT2D eigenvalue weighted by Gasteiger charge is -2.14. The van der Waals surface area contributed by atoms with E-state index in [9.17, 15) is 0 Å². The van der Waals surface area contributed by atoms with E-state index >= 15 is 0 Å². The predicted molar refractivity (Wildman–Crippen MR) is 119 cm³/mol. The molecule has 0 bridgehead atoms. The van der Waals surface area contributed by atoms with Crippen molar-refractivity contribution in [2.24, 2.45) is 9.98 Å². The number of hydrogen-bond acceptors (Lipinski definition) is 6. The summed E-state index contributed by atoms with van der Waals surface area (Å²) in [7, 11) is 0. The van der Waals surface area contributed by atoms with Gasteiger partial charge >= 0.3 is 0 Å². The Bertz CT molecular complexity index is 1100. The quantitative estimate of drug-likeness (QED) is 0.644. The Balaban J connectivity index is 1.26. The van der Waals surface area contributed by atoms with Gasteiger partial charge in [0.1, 0.15) is 11.5 Å². The summed E-state index contributed by atoms with van der Waals surface area (Å²) < 4.78 is 11.9. The predicted octanol–water partition coefficient (Wildman–Crippen LogP) is 5.13. The van der Waals surface area contributed by atoms with E-state index in [0.717, 1.165) is 22.5 Å². The fourth-order valence-corrected chi connectivity index (χ4v) is 3.08. The Kier molecular flexibility index (Phi) is 4.72. The minimum atomic E-state index is 0.545. The summed E-state index contributed by atoms with van der Waals surface area (Å²) in [5.74, 6) is 2.43. The molecule has 0 aliphatic carbocycles. The third-order valence-electron chi connectivity index (χ3n) is 4.53. The summed E-state index contributed by atoms with van der Waals surface area (Å²) in [5, 5.41) is 6.50. The first-order chi connectivity index (χ1) is 14.8. The zero-order valence-corrected chi connectivity index (χ0v) is 15.9. The molecule has 2 aliphatic heterocycles. The average Bonchev–Trinajstić information content (AvgIpc) is 3.10. The second-order valence-corrected chi connectivity index (χ2v) is 6.64. The third-order valence-corrected chi connectivity index (χ3v) is 4.53. The molecule has 3 aromatic carbocycles. The maximum absolute atomic E-state index is 5.93. The summed E-state index contributed by atoms with van der Waals surface area (Å²) in [4.78, 5) is 8.57. The molecule has 2 N–H and O–H groups in total. The number of ether oxygens (including phenoxy) is 2. The van der Waals surface area contributed by atoms with Crippen LogP contribution in [0.4, 0.5) is 11.4 Å². The van der Waals surface area contributed by atoms with Crippen molar-refractivity contribution < 1.29 is 9.47 Å². The number of anilines is 2. The summed E-state index contributed by atoms with van der Waals surface area (Å²) in [5.41, 5.74) is 3.89. The van der Waals surface area contributed by atoms with Gasteiger partial charge in [-0.2, -0.15) is 0 Å². The lowest BCUT2D eigenvalue weighted by Crippen LogP contribution is -2.08. The number of fused-ring (bicyclic) bond motifs is 2. The van der Waals surface area contributed by atoms with Crippen molar-refractivity contribution in [3.05, 3.63) is 108 Å². The Morgan fingerprint density at radius 1 is 0.533 bits per heavy atom. The van der Waals surface area contributed by atoms with Crippen LogP contribution in [-0.2, 0) is 0 Å². The number of nitrogens with zero attached hydrogens (tertiary/aromatic N) is 2. The minimum absolute atomic E-state index is 0.545. The van der Waals surface area contributed by atoms with Crippen LogP contribution in [0.15, 0.2) is 107 Å². The van der Waals surface area contributed by atoms with Crippen molar-refractivity contribution >= 4 is 23.8 Å². The highest BCUT2D eigenvalue weighted by atomic mass is 16.5. The van der Waals surface area contributed by atoms with Crippen LogP contribution in [0.5, 0.6) is 11.5 Å². The fraction of sp³-hybridized carbons (Fsp3) is 0. The second kappa shape index (κ2) is 7.97. The Morgan fingerprint density at radius 3 is 1.43 bits per heavy atom. The third kappa shape index (κ3) is 3.93. The molecule has 2 aliphatic rings. The minimum Gasteiger partial charge on any atom is -0.439 e. The highest BCUT2D eigenvalue weighted by Gasteiger charge is 2.10. The first-order valence-electron chi connectivity index (χ1n) is 9.48. The molecular weight excluding hydrogens is 376 g/mol. The van der Waals surface area contributed by atoms with Crippen molar-refractivity contribution in [2.75, 3.05) is 10.6 Å². The molecule has 0 amide bonds. The number of aliphatic imine (C=N–C) groups is 2. The SMILES string of the molecule is C1=NC=C(Oc2ccc(OC3=CN=Cc4ccccc4N3)cc2)Nc2ccccc21. The van der Waals surface area contributed by atoms with Gasteiger partial charge in [-0.05, 0) is 36.4 Å². The molecule has 0 aromatic heterocycles. The molecule has 146 valence electrons. The Morgan fingerprint density at radius 2 is 0.967 bits per heavy atom. The van der Waals surface area contributed by atoms with Crippen LogP contribution in [0.3, 0.4) is 0 Å². The van der Waals surface area contributed by atoms with Crippen molar-refractivity contribution in [1.29, 1.82) is 0 Å². The molecule has 0 radical (unpaired) electrons. The molecule has 6 nitrogen and oxygen atoms in total. The fourth-order valence-electron chi connectivity index (χ4n) is 3.08. The van der Waals surface area contributed by atoms with Gasteiger partial charge in [0.15, 0.2) is 0 Å². The first-order valence-corrected chi connectivity index (χ1v) is 9.48. The first kappa shape index (κ1) is 17.8. The molecule has 0 unspecified atom stereocenters. The molecule has 0 saturated heterocycles. The van der Waals surface area contributed by atoms with Gasteiger partial charge in [-0.3, -0.25) is 9.98 Å². The molecule has 3 aromatic rings. The molecular formula is C24H18N4O2. The second-order valence-electron chi connectivity index (χ2n) is 6.64. The largest absolute Gasteiger partial charge is 0.439 e. The molecule has 2 heterocycles. The number of benzene rings is 3. The van der Waals surface area contributed by atoms with E-state index < -0.39 is 0 Å². The molecule has 0 atom stereocenters. The van der Waals surface area contributed by atoms with Gasteiger partial charge in [0, 0.05) is 34.9 Å². The van der Waals surface area contributed by atoms with Gasteiger partial charge in [-0.1, -0.05) is 36.4 Å². The lowest BCUT2D eigenvalue weighted by atomic mass is 10.2. The van der Waals surface area contributed by atoms with Gasteiger partial charge in [-0.25, -0.2) is 0 Å². The number of rotatable bonds is 4. The van der Waals surface area contributed by atoms with E-state index in [1.165, 1.54) is 0 Å². The zero-order chi connectivity index (χ0) is 20.2. The van der Waals surface area contributed by atoms with Gasteiger partial charge < -0.3 is 20.1 Å². The van der Waals surface area contributed by atoms with E-state index in [0.29, 0.717) is 23.3 Å². The lowest BCUT2D eigenvalue weighted by molar-refractivity contribution is 0.419. The van der Waals surface area contributed by atoms with E-state index in [1.807, 2.05) is 72.8 Å². The van der Waals surface area contributed by atoms with E-state index in [4.69, 9.17) is 9.47 Å². The number of para-hydroxylation sites is 2. The van der Waals surface area contributed by atoms with Crippen molar-refractivity contribution in [3.63, 3.8) is 0 Å². The van der Waals surface area contributed by atoms with E-state index in [2.05, 4.69) is 20.6 Å². The van der Waals surface area contributed by atoms with Crippen LogP contribution in [0.25, 0.3) is 0 Å². The molecule has 0 saturated carbocycles. The maximum Gasteiger partial charge on any atom is 0.216 e. The molecule has 30 heavy (non-hydrogen) atoms. The molecule has 5 rings (SSSR count). The van der Waals surface area contributed by atoms with E-state index in [-0.39, 0.29) is 0 Å². The van der Waals surface area contributed by atoms with Gasteiger partial charge in [0.2, 0.25) is 11.8 Å². The van der Waals surface area contributed by atoms with Crippen LogP contribution >= 0.6 is 0 Å². The maximum atomic E-state index is 5.93. The van der Waals surface area contributed by atoms with Crippen LogP contribution < -0.4 is 20.1 Å². The Hall–Kier alpha value is -4.32. The molecule has 0 spiro atoms. The van der Waals surface area contributed by atoms with Crippen molar-refractivity contribution in [1.82, 2.24) is 0 Å². The van der Waals surface area contributed by atoms with Crippen LogP contribution in [-0.4, -0.2) is 12.4 Å². The summed E-state index contributed by atoms with van der Waals surface area (Å²) in [6.45, 7) is 0. The number of hydrogen-bond donors (Lipinski definition) is 2. The van der Waals surface area contributed by atoms with Crippen molar-refractivity contribution in [2.45, 2.75) is 0 Å². The smallest absolute Gasteiger partial charge is 0.216 e. The van der Waals surface area contributed by atoms with Crippen LogP contribution in [0, 0.1) is 0 Å². The standard InChI is InChI=1S/C24H18N4O2/c1-3-7-21-17(5-1)13-25-15-23(27-21)29-19-9-11-20(12-10-19)30-24-16-26-14-18-6-2-4-8-22(18)28-24/h1-16,27-28H. The van der Waals surface area contributed by atoms with Crippen LogP contribution in [0.1, 0.15) is 11.1 Å². The summed E-state index contributed by atoms with van der Waals surface area (Å²) >= 11 is 0. The van der Waals surface area contributed by atoms with Crippen LogP contribution in [0.2, 0.25) is 0 Å². The highest BCUT2D eigenvalue weighted by molar-refractivity contribution is 5.89. The van der Waals surface area contributed by atoms with E-state index in [1.54, 1.807) is 24.8 Å². The summed E-state index contributed by atoms with van der Waals surface area (Å²) in [6.07, 6.45) is 6.90. The van der Waals surface area contributed by atoms with Gasteiger partial charge in [0.05, 0.1) is 12.4 Å². The molecule has 0 fully saturated rings. The number of nitrogens with one attached hydrogen (secondary N) is 2. The topological polar surface area (TPSA) is 67.2 Å². The zero-order valence-electron chi connectivity index (χ0n) is 15.9.